The highest BCUT2D eigenvalue weighted by molar-refractivity contribution is 7.20. The van der Waals surface area contributed by atoms with Crippen molar-refractivity contribution in [1.29, 1.82) is 0 Å². The maximum atomic E-state index is 15.4. The molecular formula is C36H11BClF20N. The van der Waals surface area contributed by atoms with E-state index in [4.69, 9.17) is 11.6 Å². The van der Waals surface area contributed by atoms with Gasteiger partial charge < -0.3 is 0 Å². The maximum Gasteiger partial charge on any atom is 0.200 e. The first-order chi connectivity index (χ1) is 27.5. The Labute approximate surface area is 320 Å². The van der Waals surface area contributed by atoms with Crippen LogP contribution in [0.4, 0.5) is 87.8 Å². The topological polar surface area (TPSA) is 3.88 Å². The summed E-state index contributed by atoms with van der Waals surface area (Å²) in [6, 6.07) is 14.0. The van der Waals surface area contributed by atoms with Gasteiger partial charge in [0.05, 0.1) is 0 Å². The van der Waals surface area contributed by atoms with Crippen LogP contribution < -0.4 is 26.4 Å². The van der Waals surface area contributed by atoms with Crippen LogP contribution in [0.15, 0.2) is 54.9 Å². The smallest absolute Gasteiger partial charge is 0.200 e. The van der Waals surface area contributed by atoms with Crippen molar-refractivity contribution in [2.75, 3.05) is 0 Å². The average Bonchev–Trinajstić information content (AvgIpc) is 3.22. The van der Waals surface area contributed by atoms with Crippen molar-refractivity contribution in [3.05, 3.63) is 182 Å². The summed E-state index contributed by atoms with van der Waals surface area (Å²) in [4.78, 5) is 0. The number of hydrogen-bond donors (Lipinski definition) is 0. The van der Waals surface area contributed by atoms with Gasteiger partial charge in [-0.2, -0.15) is 0 Å². The van der Waals surface area contributed by atoms with Crippen molar-refractivity contribution in [3.8, 4) is 0 Å². The SMILES string of the molecule is Clc1ccc(C[n+]2ccccc2)cc1.Fc1c(F)c(F)c([B-](c2c(F)c(F)c(F)c(F)c2F)(c2c(F)c(F)c(F)c(F)c2F)c2c(F)c(F)c(F)c(F)c2F)c(F)c1F. The first-order valence-corrected chi connectivity index (χ1v) is 15.8. The third kappa shape index (κ3) is 7.09. The van der Waals surface area contributed by atoms with E-state index < -0.39 is 144 Å². The molecule has 23 heteroatoms. The van der Waals surface area contributed by atoms with Crippen molar-refractivity contribution in [1.82, 2.24) is 0 Å². The number of pyridine rings is 1. The summed E-state index contributed by atoms with van der Waals surface area (Å²) in [6.45, 7) is 0.887. The molecule has 0 aliphatic rings. The van der Waals surface area contributed by atoms with E-state index in [1.807, 2.05) is 42.5 Å². The zero-order valence-electron chi connectivity index (χ0n) is 27.9. The number of nitrogens with zero attached hydrogens (tertiary/aromatic N) is 1. The summed E-state index contributed by atoms with van der Waals surface area (Å²) in [7, 11) is 0. The molecule has 0 bridgehead atoms. The minimum absolute atomic E-state index is 0.784. The molecule has 59 heavy (non-hydrogen) atoms. The molecule has 0 unspecified atom stereocenters. The highest BCUT2D eigenvalue weighted by atomic mass is 35.5. The van der Waals surface area contributed by atoms with E-state index in [0.29, 0.717) is 0 Å². The number of rotatable bonds is 6. The van der Waals surface area contributed by atoms with Crippen molar-refractivity contribution < 1.29 is 92.4 Å². The fourth-order valence-corrected chi connectivity index (χ4v) is 6.34. The van der Waals surface area contributed by atoms with E-state index in [0.717, 1.165) is 11.6 Å². The molecule has 1 aromatic heterocycles. The van der Waals surface area contributed by atoms with Gasteiger partial charge in [0.1, 0.15) is 52.7 Å². The fourth-order valence-electron chi connectivity index (χ4n) is 6.21. The van der Waals surface area contributed by atoms with Gasteiger partial charge in [-0.25, -0.2) is 92.4 Å². The Bertz CT molecular complexity index is 2260. The minimum atomic E-state index is -7.22. The highest BCUT2D eigenvalue weighted by Crippen LogP contribution is 2.30. The van der Waals surface area contributed by atoms with Gasteiger partial charge in [0.25, 0.3) is 0 Å². The van der Waals surface area contributed by atoms with E-state index in [2.05, 4.69) is 17.0 Å². The Hall–Kier alpha value is -5.80. The number of benzene rings is 5. The van der Waals surface area contributed by atoms with Gasteiger partial charge in [-0.3, -0.25) is 0 Å². The van der Waals surface area contributed by atoms with Gasteiger partial charge >= 0.3 is 0 Å². The van der Waals surface area contributed by atoms with Crippen molar-refractivity contribution in [2.45, 2.75) is 6.54 Å². The van der Waals surface area contributed by atoms with Crippen LogP contribution in [0.1, 0.15) is 5.56 Å². The van der Waals surface area contributed by atoms with Crippen LogP contribution in [0.5, 0.6) is 0 Å². The zero-order valence-corrected chi connectivity index (χ0v) is 28.6. The van der Waals surface area contributed by atoms with Crippen molar-refractivity contribution >= 4 is 39.6 Å². The van der Waals surface area contributed by atoms with Gasteiger partial charge in [0.15, 0.2) is 88.7 Å². The van der Waals surface area contributed by atoms with Crippen LogP contribution in [0.3, 0.4) is 0 Å². The molecule has 5 aromatic carbocycles. The molecule has 0 atom stereocenters. The quantitative estimate of drug-likeness (QED) is 0.0520. The first kappa shape index (κ1) is 44.3. The number of hydrogen-bond acceptors (Lipinski definition) is 0. The average molecular weight is 884 g/mol. The van der Waals surface area contributed by atoms with Crippen LogP contribution in [0, 0.1) is 116 Å². The molecule has 0 spiro atoms. The molecule has 6 aromatic rings. The highest BCUT2D eigenvalue weighted by Gasteiger charge is 2.52. The van der Waals surface area contributed by atoms with Gasteiger partial charge in [0, 0.05) is 22.7 Å². The lowest BCUT2D eigenvalue weighted by Crippen LogP contribution is -2.81. The lowest BCUT2D eigenvalue weighted by molar-refractivity contribution is -0.688. The van der Waals surface area contributed by atoms with Crippen LogP contribution in [-0.2, 0) is 6.54 Å². The summed E-state index contributed by atoms with van der Waals surface area (Å²) in [5.41, 5.74) is -13.1. The second-order valence-electron chi connectivity index (χ2n) is 12.0. The Morgan fingerprint density at radius 1 is 0.322 bits per heavy atom. The lowest BCUT2D eigenvalue weighted by Gasteiger charge is -2.44. The molecule has 0 saturated heterocycles. The largest absolute Gasteiger partial charge is 0.207 e. The van der Waals surface area contributed by atoms with Gasteiger partial charge in [-0.05, 0) is 12.1 Å². The standard InChI is InChI=1S/C24BF20.C12H11ClN/c26-5-1(6(27)14(35)21(42)13(5)34)25(2-7(28)15(36)22(43)16(37)8(2)29,3-9(30)17(38)23(44)18(39)10(3)31)4-11(32)19(40)24(45)20(41)12(4)33;13-12-6-4-11(5-7-12)10-14-8-2-1-3-9-14/h;1-9H,10H2/q-1;+1. The zero-order chi connectivity index (χ0) is 44.2. The van der Waals surface area contributed by atoms with E-state index in [1.165, 1.54) is 5.56 Å². The van der Waals surface area contributed by atoms with Gasteiger partial charge in [-0.1, -0.05) is 29.8 Å². The van der Waals surface area contributed by atoms with Gasteiger partial charge in [-0.15, -0.1) is 21.9 Å². The van der Waals surface area contributed by atoms with Crippen LogP contribution >= 0.6 is 11.6 Å². The monoisotopic (exact) mass is 883 g/mol. The molecule has 0 radical (unpaired) electrons. The lowest BCUT2D eigenvalue weighted by atomic mass is 9.12. The molecule has 0 aliphatic heterocycles. The number of halogens is 21. The van der Waals surface area contributed by atoms with E-state index in [-0.39, 0.29) is 0 Å². The van der Waals surface area contributed by atoms with Crippen LogP contribution in [-0.4, -0.2) is 6.15 Å². The molecule has 310 valence electrons. The summed E-state index contributed by atoms with van der Waals surface area (Å²) in [5.74, 6) is -71.4. The molecule has 0 fully saturated rings. The molecule has 0 aliphatic carbocycles. The molecule has 0 saturated carbocycles. The Morgan fingerprint density at radius 3 is 0.780 bits per heavy atom. The van der Waals surface area contributed by atoms with Crippen molar-refractivity contribution in [3.63, 3.8) is 0 Å². The Balaban J connectivity index is 0.000000395. The Morgan fingerprint density at radius 2 is 0.542 bits per heavy atom. The fraction of sp³-hybridized carbons (Fsp3) is 0.0278. The minimum Gasteiger partial charge on any atom is -0.207 e. The molecule has 0 N–H and O–H groups in total. The molecule has 1 nitrogen and oxygen atoms in total. The van der Waals surface area contributed by atoms with E-state index in [9.17, 15) is 52.7 Å². The van der Waals surface area contributed by atoms with Crippen LogP contribution in [0.25, 0.3) is 0 Å². The molecular weight excluding hydrogens is 873 g/mol. The first-order valence-electron chi connectivity index (χ1n) is 15.5. The molecule has 1 heterocycles. The number of aromatic nitrogens is 1. The van der Waals surface area contributed by atoms with E-state index in [1.54, 1.807) is 0 Å². The Kier molecular flexibility index (Phi) is 12.4. The predicted molar refractivity (Wildman–Crippen MR) is 166 cm³/mol. The third-order valence-electron chi connectivity index (χ3n) is 8.76. The van der Waals surface area contributed by atoms with E-state index >= 15 is 35.1 Å². The summed E-state index contributed by atoms with van der Waals surface area (Å²) in [5, 5.41) is 0.784. The maximum absolute atomic E-state index is 15.4. The second kappa shape index (κ2) is 16.5. The molecule has 6 rings (SSSR count). The summed E-state index contributed by atoms with van der Waals surface area (Å²) < 4.78 is 296. The van der Waals surface area contributed by atoms with Crippen LogP contribution in [0.2, 0.25) is 5.02 Å². The second-order valence-corrected chi connectivity index (χ2v) is 12.4. The third-order valence-corrected chi connectivity index (χ3v) is 9.01. The normalized spacial score (nSPS) is 11.5. The molecule has 0 amide bonds. The summed E-state index contributed by atoms with van der Waals surface area (Å²) in [6.07, 6.45) is -3.12. The predicted octanol–water partition coefficient (Wildman–Crippen LogP) is 8.52. The summed E-state index contributed by atoms with van der Waals surface area (Å²) >= 11 is 5.81. The van der Waals surface area contributed by atoms with Gasteiger partial charge in [0.2, 0.25) is 0 Å². The van der Waals surface area contributed by atoms with Crippen molar-refractivity contribution in [2.24, 2.45) is 0 Å².